The third kappa shape index (κ3) is 4.73. The molecule has 0 amide bonds. The van der Waals surface area contributed by atoms with E-state index in [1.807, 2.05) is 19.2 Å². The molecule has 0 radical (unpaired) electrons. The van der Waals surface area contributed by atoms with Crippen LogP contribution in [0.3, 0.4) is 0 Å². The summed E-state index contributed by atoms with van der Waals surface area (Å²) in [6, 6.07) is 7.85. The lowest BCUT2D eigenvalue weighted by Gasteiger charge is -2.42. The average molecular weight is 419 g/mol. The van der Waals surface area contributed by atoms with Gasteiger partial charge >= 0.3 is 0 Å². The molecule has 1 saturated heterocycles. The van der Waals surface area contributed by atoms with Crippen LogP contribution in [-0.4, -0.2) is 35.7 Å². The molecule has 0 bridgehead atoms. The molecule has 29 heavy (non-hydrogen) atoms. The summed E-state index contributed by atoms with van der Waals surface area (Å²) in [6.07, 6.45) is 6.30. The van der Waals surface area contributed by atoms with Crippen molar-refractivity contribution in [2.75, 3.05) is 19.7 Å². The van der Waals surface area contributed by atoms with E-state index in [0.717, 1.165) is 56.0 Å². The fourth-order valence-electron chi connectivity index (χ4n) is 4.74. The van der Waals surface area contributed by atoms with Gasteiger partial charge in [-0.05, 0) is 83.7 Å². The Morgan fingerprint density at radius 1 is 1.31 bits per heavy atom. The lowest BCUT2D eigenvalue weighted by Crippen LogP contribution is -2.45. The van der Waals surface area contributed by atoms with Crippen molar-refractivity contribution in [1.29, 1.82) is 0 Å². The van der Waals surface area contributed by atoms with Crippen molar-refractivity contribution in [2.24, 2.45) is 5.41 Å². The van der Waals surface area contributed by atoms with Crippen molar-refractivity contribution >= 4 is 11.3 Å². The maximum Gasteiger partial charge on any atom is 0.176 e. The van der Waals surface area contributed by atoms with Crippen LogP contribution in [0.25, 0.3) is 0 Å². The first kappa shape index (κ1) is 22.4. The van der Waals surface area contributed by atoms with Gasteiger partial charge in [0.2, 0.25) is 0 Å². The van der Waals surface area contributed by atoms with Gasteiger partial charge in [0, 0.05) is 40.9 Å². The Morgan fingerprint density at radius 3 is 2.69 bits per heavy atom. The third-order valence-corrected chi connectivity index (χ3v) is 8.02. The van der Waals surface area contributed by atoms with Gasteiger partial charge in [-0.2, -0.15) is 4.39 Å². The lowest BCUT2D eigenvalue weighted by molar-refractivity contribution is -0.0304. The van der Waals surface area contributed by atoms with Gasteiger partial charge in [-0.3, -0.25) is 9.88 Å². The number of aryl methyl sites for hydroxylation is 2. The highest BCUT2D eigenvalue weighted by atomic mass is 32.1. The quantitative estimate of drug-likeness (QED) is 0.502. The highest BCUT2D eigenvalue weighted by Gasteiger charge is 2.47. The molecule has 0 aromatic carbocycles. The van der Waals surface area contributed by atoms with Crippen molar-refractivity contribution < 1.29 is 9.13 Å². The number of likely N-dealkylation sites (tertiary alicyclic amines) is 1. The van der Waals surface area contributed by atoms with Gasteiger partial charge in [0.05, 0.1) is 6.10 Å². The fraction of sp³-hybridized carbons (Fsp3) is 0.625. The normalized spacial score (nSPS) is 23.2. The number of thiophene rings is 1. The minimum atomic E-state index is -0.0922. The second-order valence-electron chi connectivity index (χ2n) is 8.65. The standard InChI is InChI=1S/C24H35FN2OS/c1-6-23(5,20-9-8-18(3)26-16-20)27-15-14-24(17-27,19(4)28-7-2)13-12-21-10-11-22(25)29-21/h8-11,16,19H,6-7,12-15,17H2,1-5H3/t19-,23?,24+/m0/s1. The van der Waals surface area contributed by atoms with Crippen LogP contribution in [-0.2, 0) is 16.7 Å². The summed E-state index contributed by atoms with van der Waals surface area (Å²) in [5.74, 6) is 0. The van der Waals surface area contributed by atoms with Gasteiger partial charge < -0.3 is 4.74 Å². The summed E-state index contributed by atoms with van der Waals surface area (Å²) < 4.78 is 19.6. The summed E-state index contributed by atoms with van der Waals surface area (Å²) in [6.45, 7) is 13.7. The molecule has 2 aromatic rings. The first-order valence-electron chi connectivity index (χ1n) is 10.9. The molecule has 3 heterocycles. The number of aromatic nitrogens is 1. The van der Waals surface area contributed by atoms with Crippen molar-refractivity contribution in [3.8, 4) is 0 Å². The van der Waals surface area contributed by atoms with Crippen LogP contribution >= 0.6 is 11.3 Å². The zero-order valence-electron chi connectivity index (χ0n) is 18.5. The molecule has 1 aliphatic rings. The van der Waals surface area contributed by atoms with E-state index in [1.165, 1.54) is 16.9 Å². The Kier molecular flexibility index (Phi) is 7.13. The minimum absolute atomic E-state index is 0.0383. The number of pyridine rings is 1. The van der Waals surface area contributed by atoms with Crippen molar-refractivity contribution in [2.45, 2.75) is 71.9 Å². The van der Waals surface area contributed by atoms with Crippen LogP contribution in [0.4, 0.5) is 4.39 Å². The molecule has 0 aliphatic carbocycles. The molecule has 5 heteroatoms. The predicted octanol–water partition coefficient (Wildman–Crippen LogP) is 5.97. The van der Waals surface area contributed by atoms with E-state index < -0.39 is 0 Å². The average Bonchev–Trinajstić information content (AvgIpc) is 3.34. The highest BCUT2D eigenvalue weighted by Crippen LogP contribution is 2.45. The van der Waals surface area contributed by atoms with Crippen LogP contribution in [0, 0.1) is 17.5 Å². The van der Waals surface area contributed by atoms with Gasteiger partial charge in [-0.1, -0.05) is 13.0 Å². The Morgan fingerprint density at radius 2 is 2.10 bits per heavy atom. The van der Waals surface area contributed by atoms with Crippen LogP contribution in [0.1, 0.15) is 63.1 Å². The molecule has 3 atom stereocenters. The van der Waals surface area contributed by atoms with E-state index in [0.29, 0.717) is 0 Å². The maximum atomic E-state index is 13.5. The lowest BCUT2D eigenvalue weighted by atomic mass is 9.77. The highest BCUT2D eigenvalue weighted by molar-refractivity contribution is 7.10. The third-order valence-electron chi connectivity index (χ3n) is 7.08. The minimum Gasteiger partial charge on any atom is -0.378 e. The van der Waals surface area contributed by atoms with Crippen LogP contribution in [0.2, 0.25) is 0 Å². The summed E-state index contributed by atoms with van der Waals surface area (Å²) in [7, 11) is 0. The molecule has 0 saturated carbocycles. The molecule has 2 aromatic heterocycles. The topological polar surface area (TPSA) is 25.4 Å². The smallest absolute Gasteiger partial charge is 0.176 e. The largest absolute Gasteiger partial charge is 0.378 e. The van der Waals surface area contributed by atoms with Crippen molar-refractivity contribution in [3.05, 3.63) is 51.7 Å². The van der Waals surface area contributed by atoms with E-state index in [1.54, 1.807) is 6.07 Å². The number of hydrogen-bond donors (Lipinski definition) is 0. The van der Waals surface area contributed by atoms with Crippen molar-refractivity contribution in [1.82, 2.24) is 9.88 Å². The number of hydrogen-bond acceptors (Lipinski definition) is 4. The second-order valence-corrected chi connectivity index (χ2v) is 9.77. The fourth-order valence-corrected chi connectivity index (χ4v) is 5.46. The maximum absolute atomic E-state index is 13.5. The SMILES string of the molecule is CCO[C@@H](C)[C@]1(CCc2ccc(F)s2)CCN(C(C)(CC)c2ccc(C)nc2)C1. The van der Waals surface area contributed by atoms with Gasteiger partial charge in [0.25, 0.3) is 0 Å². The molecule has 3 nitrogen and oxygen atoms in total. The Labute approximate surface area is 179 Å². The summed E-state index contributed by atoms with van der Waals surface area (Å²) in [5, 5.41) is -0.0922. The first-order chi connectivity index (χ1) is 13.8. The Hall–Kier alpha value is -1.30. The molecule has 0 spiro atoms. The Balaban J connectivity index is 1.82. The van der Waals surface area contributed by atoms with Gasteiger partial charge in [0.15, 0.2) is 5.13 Å². The Bertz CT molecular complexity index is 792. The summed E-state index contributed by atoms with van der Waals surface area (Å²) in [4.78, 5) is 8.32. The molecule has 3 rings (SSSR count). The number of ether oxygens (including phenoxy) is 1. The van der Waals surface area contributed by atoms with E-state index >= 15 is 0 Å². The zero-order valence-corrected chi connectivity index (χ0v) is 19.3. The molecular formula is C24H35FN2OS. The molecular weight excluding hydrogens is 383 g/mol. The molecule has 1 unspecified atom stereocenters. The monoisotopic (exact) mass is 418 g/mol. The van der Waals surface area contributed by atoms with Gasteiger partial charge in [0.1, 0.15) is 0 Å². The van der Waals surface area contributed by atoms with E-state index in [2.05, 4.69) is 49.7 Å². The van der Waals surface area contributed by atoms with Crippen LogP contribution in [0.5, 0.6) is 0 Å². The van der Waals surface area contributed by atoms with Crippen LogP contribution in [0.15, 0.2) is 30.5 Å². The molecule has 0 N–H and O–H groups in total. The van der Waals surface area contributed by atoms with Crippen molar-refractivity contribution in [3.63, 3.8) is 0 Å². The number of halogens is 1. The first-order valence-corrected chi connectivity index (χ1v) is 11.7. The molecule has 1 fully saturated rings. The zero-order chi connectivity index (χ0) is 21.1. The van der Waals surface area contributed by atoms with E-state index in [9.17, 15) is 4.39 Å². The second kappa shape index (κ2) is 9.23. The molecule has 160 valence electrons. The number of rotatable bonds is 9. The number of nitrogens with zero attached hydrogens (tertiary/aromatic N) is 2. The summed E-state index contributed by atoms with van der Waals surface area (Å²) >= 11 is 1.27. The molecule has 1 aliphatic heterocycles. The van der Waals surface area contributed by atoms with Crippen LogP contribution < -0.4 is 0 Å². The predicted molar refractivity (Wildman–Crippen MR) is 119 cm³/mol. The van der Waals surface area contributed by atoms with Gasteiger partial charge in [-0.15, -0.1) is 11.3 Å². The summed E-state index contributed by atoms with van der Waals surface area (Å²) in [5.41, 5.74) is 2.39. The van der Waals surface area contributed by atoms with E-state index in [4.69, 9.17) is 4.74 Å². The van der Waals surface area contributed by atoms with E-state index in [-0.39, 0.29) is 22.2 Å². The van der Waals surface area contributed by atoms with Gasteiger partial charge in [-0.25, -0.2) is 0 Å².